The molecule has 0 heterocycles. The van der Waals surface area contributed by atoms with Crippen molar-refractivity contribution in [3.05, 3.63) is 34.9 Å². The van der Waals surface area contributed by atoms with E-state index in [0.717, 1.165) is 12.0 Å². The van der Waals surface area contributed by atoms with E-state index in [1.54, 1.807) is 11.8 Å². The van der Waals surface area contributed by atoms with E-state index in [-0.39, 0.29) is 35.3 Å². The summed E-state index contributed by atoms with van der Waals surface area (Å²) in [7, 11) is -3.10. The first-order chi connectivity index (χ1) is 10.8. The van der Waals surface area contributed by atoms with Crippen LogP contribution in [0.1, 0.15) is 38.7 Å². The van der Waals surface area contributed by atoms with Gasteiger partial charge in [-0.15, -0.1) is 0 Å². The second-order valence-corrected chi connectivity index (χ2v) is 8.95. The van der Waals surface area contributed by atoms with E-state index in [4.69, 9.17) is 11.6 Å². The maximum atomic E-state index is 12.7. The van der Waals surface area contributed by atoms with Crippen LogP contribution in [0.3, 0.4) is 0 Å². The molecule has 1 aliphatic rings. The molecule has 0 saturated heterocycles. The molecule has 4 nitrogen and oxygen atoms in total. The molecule has 0 aromatic heterocycles. The summed E-state index contributed by atoms with van der Waals surface area (Å²) in [5, 5.41) is 0.692. The van der Waals surface area contributed by atoms with Crippen molar-refractivity contribution in [2.45, 2.75) is 39.2 Å². The van der Waals surface area contributed by atoms with Gasteiger partial charge in [-0.05, 0) is 37.8 Å². The molecule has 3 unspecified atom stereocenters. The zero-order chi connectivity index (χ0) is 17.2. The summed E-state index contributed by atoms with van der Waals surface area (Å²) in [6, 6.07) is 7.30. The van der Waals surface area contributed by atoms with Gasteiger partial charge >= 0.3 is 0 Å². The molecule has 1 saturated carbocycles. The number of benzene rings is 1. The van der Waals surface area contributed by atoms with Crippen LogP contribution >= 0.6 is 11.6 Å². The third-order valence-electron chi connectivity index (χ3n) is 4.50. The monoisotopic (exact) mass is 357 g/mol. The van der Waals surface area contributed by atoms with Crippen LogP contribution in [-0.2, 0) is 14.6 Å². The fourth-order valence-corrected chi connectivity index (χ4v) is 4.49. The molecule has 0 spiro atoms. The zero-order valence-corrected chi connectivity index (χ0v) is 15.4. The molecule has 1 fully saturated rings. The van der Waals surface area contributed by atoms with Gasteiger partial charge in [-0.2, -0.15) is 0 Å². The number of amides is 1. The lowest BCUT2D eigenvalue weighted by atomic mass is 10.1. The molecule has 23 heavy (non-hydrogen) atoms. The summed E-state index contributed by atoms with van der Waals surface area (Å²) >= 11 is 6.21. The Morgan fingerprint density at radius 3 is 2.57 bits per heavy atom. The molecule has 1 aromatic carbocycles. The SMILES string of the molecule is CCN(C(=O)C1CC1c1ccccc1Cl)C(C)CS(=O)(=O)CC. The number of halogens is 1. The average molecular weight is 358 g/mol. The summed E-state index contributed by atoms with van der Waals surface area (Å²) < 4.78 is 23.6. The van der Waals surface area contributed by atoms with E-state index < -0.39 is 9.84 Å². The minimum absolute atomic E-state index is 0.0204. The number of sulfone groups is 1. The van der Waals surface area contributed by atoms with Crippen LogP contribution in [0.5, 0.6) is 0 Å². The predicted molar refractivity (Wildman–Crippen MR) is 93.5 cm³/mol. The molecule has 0 N–H and O–H groups in total. The molecule has 1 aliphatic carbocycles. The van der Waals surface area contributed by atoms with Crippen molar-refractivity contribution in [1.29, 1.82) is 0 Å². The molecule has 1 amide bonds. The predicted octanol–water partition coefficient (Wildman–Crippen LogP) is 3.12. The van der Waals surface area contributed by atoms with Crippen LogP contribution in [0.15, 0.2) is 24.3 Å². The van der Waals surface area contributed by atoms with E-state index in [1.165, 1.54) is 0 Å². The molecule has 6 heteroatoms. The molecule has 1 aromatic rings. The minimum atomic E-state index is -3.10. The summed E-state index contributed by atoms with van der Waals surface area (Å²) in [5.74, 6) is 0.236. The van der Waals surface area contributed by atoms with Crippen LogP contribution in [0, 0.1) is 5.92 Å². The largest absolute Gasteiger partial charge is 0.339 e. The summed E-state index contributed by atoms with van der Waals surface area (Å²) in [5.41, 5.74) is 1.01. The second kappa shape index (κ2) is 7.22. The molecule has 0 aliphatic heterocycles. The van der Waals surface area contributed by atoms with E-state index in [9.17, 15) is 13.2 Å². The van der Waals surface area contributed by atoms with Gasteiger partial charge in [-0.25, -0.2) is 8.42 Å². The lowest BCUT2D eigenvalue weighted by Crippen LogP contribution is -2.43. The number of carbonyl (C=O) groups is 1. The third-order valence-corrected chi connectivity index (χ3v) is 6.72. The van der Waals surface area contributed by atoms with Gasteiger partial charge in [-0.3, -0.25) is 4.79 Å². The standard InChI is InChI=1S/C17H24ClNO3S/c1-4-19(12(3)11-23(21,22)5-2)17(20)15-10-14(15)13-8-6-7-9-16(13)18/h6-9,12,14-15H,4-5,10-11H2,1-3H3. The van der Waals surface area contributed by atoms with E-state index in [1.807, 2.05) is 38.1 Å². The van der Waals surface area contributed by atoms with Gasteiger partial charge < -0.3 is 4.90 Å². The summed E-state index contributed by atoms with van der Waals surface area (Å²) in [4.78, 5) is 14.4. The Kier molecular flexibility index (Phi) is 5.74. The first-order valence-corrected chi connectivity index (χ1v) is 10.3. The Hall–Kier alpha value is -1.07. The topological polar surface area (TPSA) is 54.5 Å². The maximum absolute atomic E-state index is 12.7. The van der Waals surface area contributed by atoms with Crippen LogP contribution in [0.2, 0.25) is 5.02 Å². The highest BCUT2D eigenvalue weighted by Crippen LogP contribution is 2.50. The molecule has 3 atom stereocenters. The molecule has 0 bridgehead atoms. The zero-order valence-electron chi connectivity index (χ0n) is 13.8. The highest BCUT2D eigenvalue weighted by molar-refractivity contribution is 7.91. The van der Waals surface area contributed by atoms with Crippen molar-refractivity contribution in [1.82, 2.24) is 4.90 Å². The Morgan fingerprint density at radius 2 is 2.00 bits per heavy atom. The Bertz CT molecular complexity index is 674. The minimum Gasteiger partial charge on any atom is -0.339 e. The normalized spacial score (nSPS) is 21.7. The highest BCUT2D eigenvalue weighted by Gasteiger charge is 2.47. The Labute approximate surface area is 143 Å². The quantitative estimate of drug-likeness (QED) is 0.753. The average Bonchev–Trinajstić information content (AvgIpc) is 3.28. The smallest absolute Gasteiger partial charge is 0.226 e. The van der Waals surface area contributed by atoms with Crippen molar-refractivity contribution in [3.63, 3.8) is 0 Å². The number of carbonyl (C=O) groups excluding carboxylic acids is 1. The van der Waals surface area contributed by atoms with E-state index >= 15 is 0 Å². The Balaban J connectivity index is 2.06. The lowest BCUT2D eigenvalue weighted by molar-refractivity contribution is -0.134. The highest BCUT2D eigenvalue weighted by atomic mass is 35.5. The number of hydrogen-bond donors (Lipinski definition) is 0. The van der Waals surface area contributed by atoms with Gasteiger partial charge in [0.2, 0.25) is 5.91 Å². The van der Waals surface area contributed by atoms with Gasteiger partial charge in [0.1, 0.15) is 0 Å². The van der Waals surface area contributed by atoms with Crippen molar-refractivity contribution in [3.8, 4) is 0 Å². The lowest BCUT2D eigenvalue weighted by Gasteiger charge is -2.28. The van der Waals surface area contributed by atoms with Gasteiger partial charge in [0.15, 0.2) is 9.84 Å². The van der Waals surface area contributed by atoms with Crippen LogP contribution in [-0.4, -0.2) is 43.3 Å². The van der Waals surface area contributed by atoms with Crippen molar-refractivity contribution < 1.29 is 13.2 Å². The molecular formula is C17H24ClNO3S. The third kappa shape index (κ3) is 4.27. The first-order valence-electron chi connectivity index (χ1n) is 8.06. The summed E-state index contributed by atoms with van der Waals surface area (Å²) in [6.45, 7) is 5.85. The summed E-state index contributed by atoms with van der Waals surface area (Å²) in [6.07, 6.45) is 0.784. The fraction of sp³-hybridized carbons (Fsp3) is 0.588. The van der Waals surface area contributed by atoms with E-state index in [0.29, 0.717) is 11.6 Å². The van der Waals surface area contributed by atoms with Crippen molar-refractivity contribution >= 4 is 27.3 Å². The van der Waals surface area contributed by atoms with Crippen LogP contribution in [0.25, 0.3) is 0 Å². The van der Waals surface area contributed by atoms with Crippen molar-refractivity contribution in [2.24, 2.45) is 5.92 Å². The number of hydrogen-bond acceptors (Lipinski definition) is 3. The van der Waals surface area contributed by atoms with Crippen LogP contribution < -0.4 is 0 Å². The number of rotatable bonds is 7. The van der Waals surface area contributed by atoms with Gasteiger partial charge in [0, 0.05) is 29.3 Å². The number of nitrogens with zero attached hydrogens (tertiary/aromatic N) is 1. The maximum Gasteiger partial charge on any atom is 0.226 e. The van der Waals surface area contributed by atoms with Gasteiger partial charge in [0.05, 0.1) is 5.75 Å². The Morgan fingerprint density at radius 1 is 1.35 bits per heavy atom. The molecule has 128 valence electrons. The van der Waals surface area contributed by atoms with Gasteiger partial charge in [0.25, 0.3) is 0 Å². The second-order valence-electron chi connectivity index (χ2n) is 6.14. The van der Waals surface area contributed by atoms with Crippen LogP contribution in [0.4, 0.5) is 0 Å². The van der Waals surface area contributed by atoms with E-state index in [2.05, 4.69) is 0 Å². The molecule has 2 rings (SSSR count). The molecule has 0 radical (unpaired) electrons. The first kappa shape index (κ1) is 18.3. The van der Waals surface area contributed by atoms with Crippen molar-refractivity contribution in [2.75, 3.05) is 18.1 Å². The van der Waals surface area contributed by atoms with Gasteiger partial charge in [-0.1, -0.05) is 36.7 Å². The fourth-order valence-electron chi connectivity index (χ4n) is 3.06. The molecular weight excluding hydrogens is 334 g/mol.